The number of hydrogen-bond acceptors (Lipinski definition) is 3. The molecule has 0 radical (unpaired) electrons. The molecule has 4 heteroatoms. The summed E-state index contributed by atoms with van der Waals surface area (Å²) >= 11 is 1.66. The van der Waals surface area contributed by atoms with Gasteiger partial charge in [0.25, 0.3) is 0 Å². The lowest BCUT2D eigenvalue weighted by molar-refractivity contribution is -0.131. The first-order valence-corrected chi connectivity index (χ1v) is 7.73. The van der Waals surface area contributed by atoms with Crippen molar-refractivity contribution in [3.05, 3.63) is 22.4 Å². The number of piperidine rings is 1. The van der Waals surface area contributed by atoms with Crippen LogP contribution in [-0.4, -0.2) is 37.0 Å². The van der Waals surface area contributed by atoms with Crippen LogP contribution in [0.5, 0.6) is 0 Å². The van der Waals surface area contributed by atoms with E-state index < -0.39 is 0 Å². The number of carbonyl (C=O) groups is 1. The Labute approximate surface area is 113 Å². The lowest BCUT2D eigenvalue weighted by Gasteiger charge is -2.29. The predicted octanol–water partition coefficient (Wildman–Crippen LogP) is 2.14. The molecule has 2 rings (SSSR count). The van der Waals surface area contributed by atoms with E-state index in [0.29, 0.717) is 12.3 Å². The summed E-state index contributed by atoms with van der Waals surface area (Å²) in [5.41, 5.74) is 1.14. The van der Waals surface area contributed by atoms with E-state index in [1.807, 2.05) is 16.3 Å². The van der Waals surface area contributed by atoms with Crippen LogP contribution in [-0.2, 0) is 11.2 Å². The molecule has 0 spiro atoms. The minimum Gasteiger partial charge on any atom is -0.342 e. The second-order valence-electron chi connectivity index (χ2n) is 4.95. The van der Waals surface area contributed by atoms with Gasteiger partial charge in [0.05, 0.1) is 6.42 Å². The van der Waals surface area contributed by atoms with Gasteiger partial charge >= 0.3 is 0 Å². The van der Waals surface area contributed by atoms with E-state index in [4.69, 9.17) is 0 Å². The van der Waals surface area contributed by atoms with Gasteiger partial charge in [-0.05, 0) is 61.2 Å². The predicted molar refractivity (Wildman–Crippen MR) is 75.9 cm³/mol. The van der Waals surface area contributed by atoms with Crippen LogP contribution in [0.3, 0.4) is 0 Å². The number of carbonyl (C=O) groups excluding carboxylic acids is 1. The molecule has 1 N–H and O–H groups in total. The second-order valence-corrected chi connectivity index (χ2v) is 5.73. The molecule has 1 saturated heterocycles. The normalized spacial score (nSPS) is 19.7. The molecule has 18 heavy (non-hydrogen) atoms. The summed E-state index contributed by atoms with van der Waals surface area (Å²) in [6, 6.07) is 2.04. The maximum atomic E-state index is 12.2. The van der Waals surface area contributed by atoms with E-state index in [-0.39, 0.29) is 5.91 Å². The Morgan fingerprint density at radius 2 is 2.50 bits per heavy atom. The number of hydrogen-bond donors (Lipinski definition) is 1. The quantitative estimate of drug-likeness (QED) is 0.885. The Kier molecular flexibility index (Phi) is 5.20. The van der Waals surface area contributed by atoms with Crippen molar-refractivity contribution in [3.63, 3.8) is 0 Å². The van der Waals surface area contributed by atoms with Crippen LogP contribution in [0.2, 0.25) is 0 Å². The van der Waals surface area contributed by atoms with E-state index >= 15 is 0 Å². The number of rotatable bonds is 5. The zero-order chi connectivity index (χ0) is 12.8. The van der Waals surface area contributed by atoms with Crippen LogP contribution >= 0.6 is 11.3 Å². The monoisotopic (exact) mass is 266 g/mol. The average molecular weight is 266 g/mol. The smallest absolute Gasteiger partial charge is 0.227 e. The van der Waals surface area contributed by atoms with Gasteiger partial charge < -0.3 is 10.2 Å². The molecule has 1 aromatic heterocycles. The van der Waals surface area contributed by atoms with Crippen LogP contribution in [0.1, 0.15) is 25.3 Å². The zero-order valence-electron chi connectivity index (χ0n) is 11.0. The van der Waals surface area contributed by atoms with Crippen LogP contribution in [0.15, 0.2) is 16.8 Å². The molecule has 0 saturated carbocycles. The first kappa shape index (κ1) is 13.6. The minimum atomic E-state index is 0.265. The van der Waals surface area contributed by atoms with Gasteiger partial charge in [-0.15, -0.1) is 0 Å². The zero-order valence-corrected chi connectivity index (χ0v) is 11.8. The molecule has 100 valence electrons. The van der Waals surface area contributed by atoms with Crippen LogP contribution in [0.4, 0.5) is 0 Å². The van der Waals surface area contributed by atoms with Gasteiger partial charge in [-0.25, -0.2) is 0 Å². The summed E-state index contributed by atoms with van der Waals surface area (Å²) in [5.74, 6) is 0.895. The maximum Gasteiger partial charge on any atom is 0.227 e. The van der Waals surface area contributed by atoms with E-state index in [1.165, 1.54) is 12.8 Å². The third-order valence-corrected chi connectivity index (χ3v) is 4.28. The number of nitrogens with zero attached hydrogens (tertiary/aromatic N) is 1. The summed E-state index contributed by atoms with van der Waals surface area (Å²) in [7, 11) is 0. The molecule has 1 fully saturated rings. The van der Waals surface area contributed by atoms with Crippen molar-refractivity contribution in [1.29, 1.82) is 0 Å². The Bertz CT molecular complexity index is 358. The van der Waals surface area contributed by atoms with Crippen molar-refractivity contribution in [1.82, 2.24) is 10.2 Å². The third kappa shape index (κ3) is 3.82. The Balaban J connectivity index is 1.85. The van der Waals surface area contributed by atoms with Crippen molar-refractivity contribution < 1.29 is 4.79 Å². The minimum absolute atomic E-state index is 0.265. The molecule has 3 nitrogen and oxygen atoms in total. The van der Waals surface area contributed by atoms with E-state index in [2.05, 4.69) is 17.6 Å². The van der Waals surface area contributed by atoms with Crippen molar-refractivity contribution in [2.45, 2.75) is 26.2 Å². The molecule has 1 aromatic rings. The van der Waals surface area contributed by atoms with Gasteiger partial charge in [-0.1, -0.05) is 0 Å². The highest BCUT2D eigenvalue weighted by molar-refractivity contribution is 7.07. The summed E-state index contributed by atoms with van der Waals surface area (Å²) < 4.78 is 0. The van der Waals surface area contributed by atoms with Crippen LogP contribution in [0.25, 0.3) is 0 Å². The molecule has 1 aliphatic rings. The fourth-order valence-electron chi connectivity index (χ4n) is 2.48. The van der Waals surface area contributed by atoms with Crippen molar-refractivity contribution in [2.24, 2.45) is 5.92 Å². The lowest BCUT2D eigenvalue weighted by Crippen LogP contribution is -2.41. The second kappa shape index (κ2) is 6.90. The highest BCUT2D eigenvalue weighted by Crippen LogP contribution is 2.13. The Morgan fingerprint density at radius 1 is 1.61 bits per heavy atom. The summed E-state index contributed by atoms with van der Waals surface area (Å²) in [6.07, 6.45) is 3.04. The average Bonchev–Trinajstić information content (AvgIpc) is 2.90. The van der Waals surface area contributed by atoms with Gasteiger partial charge in [0.15, 0.2) is 0 Å². The van der Waals surface area contributed by atoms with Gasteiger partial charge in [0.2, 0.25) is 5.91 Å². The number of nitrogens with one attached hydrogen (secondary N) is 1. The van der Waals surface area contributed by atoms with E-state index in [0.717, 1.165) is 31.7 Å². The molecular formula is C14H22N2OS. The molecule has 2 heterocycles. The molecular weight excluding hydrogens is 244 g/mol. The van der Waals surface area contributed by atoms with Crippen molar-refractivity contribution in [2.75, 3.05) is 26.2 Å². The lowest BCUT2D eigenvalue weighted by atomic mass is 9.99. The van der Waals surface area contributed by atoms with Crippen LogP contribution < -0.4 is 5.32 Å². The number of amides is 1. The first-order chi connectivity index (χ1) is 8.79. The largest absolute Gasteiger partial charge is 0.342 e. The topological polar surface area (TPSA) is 32.3 Å². The number of thiophene rings is 1. The maximum absolute atomic E-state index is 12.2. The fourth-order valence-corrected chi connectivity index (χ4v) is 3.15. The standard InChI is InChI=1S/C14H22N2OS/c1-2-16(10-13-4-3-6-15-9-13)14(17)8-12-5-7-18-11-12/h5,7,11,13,15H,2-4,6,8-10H2,1H3. The Morgan fingerprint density at radius 3 is 3.11 bits per heavy atom. The summed E-state index contributed by atoms with van der Waals surface area (Å²) in [6.45, 7) is 5.99. The van der Waals surface area contributed by atoms with Crippen LogP contribution in [0, 0.1) is 5.92 Å². The van der Waals surface area contributed by atoms with Gasteiger partial charge in [-0.3, -0.25) is 4.79 Å². The number of likely N-dealkylation sites (N-methyl/N-ethyl adjacent to an activating group) is 1. The molecule has 0 aliphatic carbocycles. The van der Waals surface area contributed by atoms with Gasteiger partial charge in [0.1, 0.15) is 0 Å². The SMILES string of the molecule is CCN(CC1CCCNC1)C(=O)Cc1ccsc1. The first-order valence-electron chi connectivity index (χ1n) is 6.79. The Hall–Kier alpha value is -0.870. The van der Waals surface area contributed by atoms with Crippen molar-refractivity contribution in [3.8, 4) is 0 Å². The molecule has 0 bridgehead atoms. The molecule has 1 aliphatic heterocycles. The van der Waals surface area contributed by atoms with Crippen molar-refractivity contribution >= 4 is 17.2 Å². The summed E-state index contributed by atoms with van der Waals surface area (Å²) in [5, 5.41) is 7.51. The molecule has 1 unspecified atom stereocenters. The fraction of sp³-hybridized carbons (Fsp3) is 0.643. The van der Waals surface area contributed by atoms with E-state index in [9.17, 15) is 4.79 Å². The summed E-state index contributed by atoms with van der Waals surface area (Å²) in [4.78, 5) is 14.2. The van der Waals surface area contributed by atoms with E-state index in [1.54, 1.807) is 11.3 Å². The molecule has 0 aromatic carbocycles. The van der Waals surface area contributed by atoms with Gasteiger partial charge in [0, 0.05) is 13.1 Å². The third-order valence-electron chi connectivity index (χ3n) is 3.55. The molecule has 1 atom stereocenters. The highest BCUT2D eigenvalue weighted by atomic mass is 32.1. The molecule has 1 amide bonds. The van der Waals surface area contributed by atoms with Gasteiger partial charge in [-0.2, -0.15) is 11.3 Å². The highest BCUT2D eigenvalue weighted by Gasteiger charge is 2.19.